The molecular weight excluding hydrogens is 196 g/mol. The topological polar surface area (TPSA) is 20.2 Å². The molecule has 1 unspecified atom stereocenters. The normalized spacial score (nSPS) is 63.2. The van der Waals surface area contributed by atoms with Crippen LogP contribution in [0.1, 0.15) is 53.4 Å². The second kappa shape index (κ2) is 2.13. The standard InChI is InChI=1S/C15H24O/c1-12(2)6-5-11(16)15-10-7-9(13(15,3)4)8-14(10,12)15/h9-11,16H,5-8H2,1-4H3/t9?,10-,11-,14+,15-/m1/s1. The van der Waals surface area contributed by atoms with E-state index in [9.17, 15) is 5.11 Å². The van der Waals surface area contributed by atoms with Gasteiger partial charge in [0.1, 0.15) is 0 Å². The number of hydrogen-bond acceptors (Lipinski definition) is 1. The number of hydrogen-bond donors (Lipinski definition) is 1. The van der Waals surface area contributed by atoms with Gasteiger partial charge in [0.2, 0.25) is 0 Å². The summed E-state index contributed by atoms with van der Waals surface area (Å²) in [6, 6.07) is 0. The van der Waals surface area contributed by atoms with Gasteiger partial charge >= 0.3 is 0 Å². The molecule has 2 spiro atoms. The van der Waals surface area contributed by atoms with Gasteiger partial charge in [0.05, 0.1) is 6.10 Å². The van der Waals surface area contributed by atoms with Gasteiger partial charge in [0, 0.05) is 5.41 Å². The van der Waals surface area contributed by atoms with Crippen LogP contribution in [0.15, 0.2) is 0 Å². The summed E-state index contributed by atoms with van der Waals surface area (Å²) in [5, 5.41) is 10.6. The van der Waals surface area contributed by atoms with Crippen molar-refractivity contribution in [3.05, 3.63) is 0 Å². The smallest absolute Gasteiger partial charge is 0.0610 e. The average molecular weight is 220 g/mol. The lowest BCUT2D eigenvalue weighted by Crippen LogP contribution is -2.44. The van der Waals surface area contributed by atoms with E-state index in [0.29, 0.717) is 21.7 Å². The largest absolute Gasteiger partial charge is 0.392 e. The monoisotopic (exact) mass is 220 g/mol. The number of aliphatic hydroxyl groups excluding tert-OH is 1. The first-order valence-corrected chi connectivity index (χ1v) is 7.00. The molecule has 0 aromatic heterocycles. The lowest BCUT2D eigenvalue weighted by atomic mass is 9.60. The van der Waals surface area contributed by atoms with Gasteiger partial charge in [-0.2, -0.15) is 0 Å². The molecule has 1 N–H and O–H groups in total. The van der Waals surface area contributed by atoms with Crippen LogP contribution in [0.25, 0.3) is 0 Å². The molecule has 0 aromatic rings. The van der Waals surface area contributed by atoms with Crippen LogP contribution in [0.2, 0.25) is 0 Å². The summed E-state index contributed by atoms with van der Waals surface area (Å²) in [5.74, 6) is 1.75. The summed E-state index contributed by atoms with van der Waals surface area (Å²) in [4.78, 5) is 0. The Morgan fingerprint density at radius 1 is 1.12 bits per heavy atom. The van der Waals surface area contributed by atoms with Gasteiger partial charge in [-0.25, -0.2) is 0 Å². The molecule has 4 bridgehead atoms. The zero-order valence-corrected chi connectivity index (χ0v) is 11.0. The van der Waals surface area contributed by atoms with E-state index in [2.05, 4.69) is 27.7 Å². The first kappa shape index (κ1) is 9.94. The molecule has 90 valence electrons. The van der Waals surface area contributed by atoms with E-state index in [-0.39, 0.29) is 6.10 Å². The summed E-state index contributed by atoms with van der Waals surface area (Å²) in [6.07, 6.45) is 5.09. The quantitative estimate of drug-likeness (QED) is 0.664. The summed E-state index contributed by atoms with van der Waals surface area (Å²) in [6.45, 7) is 9.82. The maximum Gasteiger partial charge on any atom is 0.0610 e. The molecule has 5 saturated carbocycles. The highest BCUT2D eigenvalue weighted by Gasteiger charge is 2.95. The molecule has 1 heteroatoms. The summed E-state index contributed by atoms with van der Waals surface area (Å²) in [7, 11) is 0. The zero-order valence-electron chi connectivity index (χ0n) is 11.0. The van der Waals surface area contributed by atoms with E-state index in [1.54, 1.807) is 0 Å². The van der Waals surface area contributed by atoms with Crippen LogP contribution in [0.4, 0.5) is 0 Å². The molecule has 5 fully saturated rings. The van der Waals surface area contributed by atoms with Crippen LogP contribution in [-0.4, -0.2) is 11.2 Å². The minimum Gasteiger partial charge on any atom is -0.392 e. The third-order valence-corrected chi connectivity index (χ3v) is 7.75. The molecule has 0 heterocycles. The first-order valence-electron chi connectivity index (χ1n) is 7.00. The van der Waals surface area contributed by atoms with Crippen LogP contribution in [0.5, 0.6) is 0 Å². The molecule has 0 aliphatic heterocycles. The molecule has 5 rings (SSSR count). The van der Waals surface area contributed by atoms with Crippen molar-refractivity contribution in [1.82, 2.24) is 0 Å². The molecule has 5 aliphatic carbocycles. The molecule has 0 aromatic carbocycles. The second-order valence-electron chi connectivity index (χ2n) is 8.19. The molecule has 1 nitrogen and oxygen atoms in total. The van der Waals surface area contributed by atoms with Crippen LogP contribution in [0.3, 0.4) is 0 Å². The molecule has 0 amide bonds. The van der Waals surface area contributed by atoms with Crippen molar-refractivity contribution in [3.63, 3.8) is 0 Å². The number of rotatable bonds is 0. The maximum absolute atomic E-state index is 10.6. The van der Waals surface area contributed by atoms with Gasteiger partial charge in [-0.05, 0) is 53.8 Å². The van der Waals surface area contributed by atoms with Gasteiger partial charge in [-0.3, -0.25) is 0 Å². The Hall–Kier alpha value is -0.0400. The molecule has 0 saturated heterocycles. The Morgan fingerprint density at radius 3 is 2.38 bits per heavy atom. The summed E-state index contributed by atoms with van der Waals surface area (Å²) in [5.41, 5.74) is 1.70. The van der Waals surface area contributed by atoms with Crippen molar-refractivity contribution in [2.75, 3.05) is 0 Å². The van der Waals surface area contributed by atoms with Crippen molar-refractivity contribution in [1.29, 1.82) is 0 Å². The van der Waals surface area contributed by atoms with Crippen molar-refractivity contribution in [3.8, 4) is 0 Å². The van der Waals surface area contributed by atoms with Crippen LogP contribution < -0.4 is 0 Å². The Balaban J connectivity index is 1.96. The van der Waals surface area contributed by atoms with Crippen molar-refractivity contribution in [2.45, 2.75) is 59.5 Å². The molecule has 16 heavy (non-hydrogen) atoms. The van der Waals surface area contributed by atoms with Gasteiger partial charge in [-0.1, -0.05) is 27.7 Å². The van der Waals surface area contributed by atoms with Crippen molar-refractivity contribution in [2.24, 2.45) is 33.5 Å². The fourth-order valence-electron chi connectivity index (χ4n) is 7.23. The minimum atomic E-state index is -0.00646. The highest BCUT2D eigenvalue weighted by molar-refractivity contribution is 5.42. The highest BCUT2D eigenvalue weighted by atomic mass is 16.3. The first-order chi connectivity index (χ1) is 7.32. The van der Waals surface area contributed by atoms with E-state index in [1.807, 2.05) is 0 Å². The third-order valence-electron chi connectivity index (χ3n) is 7.75. The predicted octanol–water partition coefficient (Wildman–Crippen LogP) is 3.22. The minimum absolute atomic E-state index is 0.00646. The van der Waals surface area contributed by atoms with Gasteiger partial charge in [-0.15, -0.1) is 0 Å². The molecular formula is C15H24O. The summed E-state index contributed by atoms with van der Waals surface area (Å²) < 4.78 is 0. The van der Waals surface area contributed by atoms with Gasteiger partial charge < -0.3 is 5.11 Å². The van der Waals surface area contributed by atoms with Gasteiger partial charge in [0.15, 0.2) is 0 Å². The fourth-order valence-corrected chi connectivity index (χ4v) is 7.23. The van der Waals surface area contributed by atoms with Crippen molar-refractivity contribution >= 4 is 0 Å². The summed E-state index contributed by atoms with van der Waals surface area (Å²) >= 11 is 0. The fraction of sp³-hybridized carbons (Fsp3) is 1.00. The SMILES string of the molecule is CC1(C)C2C[C@H]3[C@@]14[C@H](O)CCC(C)(C)[C@]34C2. The lowest BCUT2D eigenvalue weighted by Gasteiger charge is -2.46. The average Bonchev–Trinajstić information content (AvgIpc) is 2.47. The van der Waals surface area contributed by atoms with E-state index in [4.69, 9.17) is 0 Å². The van der Waals surface area contributed by atoms with Crippen LogP contribution in [-0.2, 0) is 0 Å². The Labute approximate surface area is 98.6 Å². The molecule has 5 atom stereocenters. The van der Waals surface area contributed by atoms with E-state index in [0.717, 1.165) is 18.3 Å². The Kier molecular flexibility index (Phi) is 1.33. The highest BCUT2D eigenvalue weighted by Crippen LogP contribution is 2.99. The van der Waals surface area contributed by atoms with E-state index in [1.165, 1.54) is 19.3 Å². The van der Waals surface area contributed by atoms with Crippen molar-refractivity contribution < 1.29 is 5.11 Å². The van der Waals surface area contributed by atoms with Crippen LogP contribution in [0, 0.1) is 33.5 Å². The van der Waals surface area contributed by atoms with E-state index < -0.39 is 0 Å². The molecule has 5 aliphatic rings. The second-order valence-corrected chi connectivity index (χ2v) is 8.19. The predicted molar refractivity (Wildman–Crippen MR) is 63.9 cm³/mol. The third kappa shape index (κ3) is 0.573. The Morgan fingerprint density at radius 2 is 1.81 bits per heavy atom. The zero-order chi connectivity index (χ0) is 11.6. The van der Waals surface area contributed by atoms with Crippen LogP contribution >= 0.6 is 0 Å². The van der Waals surface area contributed by atoms with Gasteiger partial charge in [0.25, 0.3) is 0 Å². The number of aliphatic hydroxyl groups is 1. The molecule has 0 radical (unpaired) electrons. The maximum atomic E-state index is 10.6. The lowest BCUT2D eigenvalue weighted by molar-refractivity contribution is -0.0567. The Bertz CT molecular complexity index is 383. The van der Waals surface area contributed by atoms with E-state index >= 15 is 0 Å².